The molecule has 264 valence electrons. The van der Waals surface area contributed by atoms with Crippen molar-refractivity contribution in [1.29, 1.82) is 0 Å². The van der Waals surface area contributed by atoms with E-state index < -0.39 is 12.0 Å². The van der Waals surface area contributed by atoms with Crippen LogP contribution in [0.1, 0.15) is 30.4 Å². The van der Waals surface area contributed by atoms with Crippen LogP contribution in [0.25, 0.3) is 0 Å². The summed E-state index contributed by atoms with van der Waals surface area (Å²) in [5, 5.41) is 14.8. The third kappa shape index (κ3) is 12.3. The van der Waals surface area contributed by atoms with Gasteiger partial charge < -0.3 is 44.7 Å². The van der Waals surface area contributed by atoms with Crippen molar-refractivity contribution in [2.24, 2.45) is 0 Å². The van der Waals surface area contributed by atoms with Gasteiger partial charge >= 0.3 is 18.0 Å². The van der Waals surface area contributed by atoms with Gasteiger partial charge in [0.05, 0.1) is 39.4 Å². The highest BCUT2D eigenvalue weighted by molar-refractivity contribution is 6.01. The van der Waals surface area contributed by atoms with Crippen molar-refractivity contribution < 1.29 is 38.5 Å². The normalized spacial score (nSPS) is 10.5. The summed E-state index contributed by atoms with van der Waals surface area (Å²) < 4.78 is 16.6. The van der Waals surface area contributed by atoms with Gasteiger partial charge in [0.1, 0.15) is 5.75 Å². The van der Waals surface area contributed by atoms with Crippen molar-refractivity contribution in [3.8, 4) is 17.2 Å². The van der Waals surface area contributed by atoms with Crippen LogP contribution < -0.4 is 24.8 Å². The maximum Gasteiger partial charge on any atom is 0.323 e. The number of rotatable bonds is 18. The Morgan fingerprint density at radius 1 is 0.735 bits per heavy atom. The van der Waals surface area contributed by atoms with Crippen LogP contribution in [-0.4, -0.2) is 105 Å². The molecule has 0 spiro atoms. The number of nitrogens with zero attached hydrogens (tertiary/aromatic N) is 3. The summed E-state index contributed by atoms with van der Waals surface area (Å²) in [6.45, 7) is 3.40. The number of amides is 5. The molecule has 49 heavy (non-hydrogen) atoms. The molecule has 0 aliphatic carbocycles. The third-order valence-electron chi connectivity index (χ3n) is 7.77. The van der Waals surface area contributed by atoms with Gasteiger partial charge in [0.2, 0.25) is 5.91 Å². The summed E-state index contributed by atoms with van der Waals surface area (Å²) in [6, 6.07) is 19.2. The van der Waals surface area contributed by atoms with Crippen LogP contribution in [0.3, 0.4) is 0 Å². The number of methoxy groups -OCH3 is 2. The zero-order chi connectivity index (χ0) is 35.8. The molecule has 0 radical (unpaired) electrons. The van der Waals surface area contributed by atoms with Crippen molar-refractivity contribution in [2.75, 3.05) is 71.7 Å². The zero-order valence-corrected chi connectivity index (χ0v) is 28.9. The molecule has 5 amide bonds. The Morgan fingerprint density at radius 3 is 2.08 bits per heavy atom. The number of anilines is 2. The molecule has 13 heteroatoms. The second kappa shape index (κ2) is 19.4. The van der Waals surface area contributed by atoms with Crippen LogP contribution in [0.5, 0.6) is 17.2 Å². The maximum absolute atomic E-state index is 13.2. The predicted octanol–water partition coefficient (Wildman–Crippen LogP) is 5.34. The van der Waals surface area contributed by atoms with Gasteiger partial charge in [-0.25, -0.2) is 9.59 Å². The van der Waals surface area contributed by atoms with Crippen molar-refractivity contribution in [3.63, 3.8) is 0 Å². The van der Waals surface area contributed by atoms with Crippen LogP contribution in [0, 0.1) is 6.92 Å². The van der Waals surface area contributed by atoms with Crippen molar-refractivity contribution >= 4 is 35.3 Å². The average Bonchev–Trinajstić information content (AvgIpc) is 3.09. The van der Waals surface area contributed by atoms with Crippen LogP contribution in [0.15, 0.2) is 66.7 Å². The van der Waals surface area contributed by atoms with Crippen molar-refractivity contribution in [2.45, 2.75) is 32.6 Å². The topological polar surface area (TPSA) is 150 Å². The highest BCUT2D eigenvalue weighted by atomic mass is 16.5. The summed E-state index contributed by atoms with van der Waals surface area (Å²) in [4.78, 5) is 54.7. The second-order valence-electron chi connectivity index (χ2n) is 11.5. The van der Waals surface area contributed by atoms with Gasteiger partial charge in [-0.3, -0.25) is 9.59 Å². The van der Waals surface area contributed by atoms with Crippen LogP contribution in [0.4, 0.5) is 21.0 Å². The van der Waals surface area contributed by atoms with Gasteiger partial charge in [-0.1, -0.05) is 36.4 Å². The lowest BCUT2D eigenvalue weighted by molar-refractivity contribution is -0.137. The van der Waals surface area contributed by atoms with Gasteiger partial charge in [0.25, 0.3) is 0 Å². The van der Waals surface area contributed by atoms with Gasteiger partial charge in [0.15, 0.2) is 11.5 Å². The molecule has 3 aromatic carbocycles. The SMILES string of the molecule is COc1cc(CC(=O)N(C)CCCN(C)C(=O)N(CCCOc2ccccc2OC)CCC(=O)O)ccc1NC(=O)Nc1ccccc1C. The number of nitrogens with one attached hydrogen (secondary N) is 2. The van der Waals surface area contributed by atoms with Gasteiger partial charge in [-0.05, 0) is 61.2 Å². The number of carbonyl (C=O) groups excluding carboxylic acids is 3. The number of likely N-dealkylation sites (N-methyl/N-ethyl adjacent to an activating group) is 1. The van der Waals surface area contributed by atoms with Crippen molar-refractivity contribution in [3.05, 3.63) is 77.9 Å². The lowest BCUT2D eigenvalue weighted by Gasteiger charge is -2.28. The number of carbonyl (C=O) groups is 4. The largest absolute Gasteiger partial charge is 0.495 e. The highest BCUT2D eigenvalue weighted by Crippen LogP contribution is 2.27. The minimum Gasteiger partial charge on any atom is -0.495 e. The fourth-order valence-electron chi connectivity index (χ4n) is 4.96. The molecular formula is C36H47N5O8. The molecule has 3 rings (SSSR count). The molecule has 0 aliphatic heterocycles. The number of para-hydroxylation sites is 3. The Balaban J connectivity index is 1.47. The molecule has 0 saturated heterocycles. The average molecular weight is 678 g/mol. The summed E-state index contributed by atoms with van der Waals surface area (Å²) in [6.07, 6.45) is 0.969. The first kappa shape index (κ1) is 38.0. The number of hydrogen-bond donors (Lipinski definition) is 3. The van der Waals surface area contributed by atoms with E-state index in [0.29, 0.717) is 67.7 Å². The fourth-order valence-corrected chi connectivity index (χ4v) is 4.96. The molecule has 0 heterocycles. The molecule has 3 N–H and O–H groups in total. The van der Waals surface area contributed by atoms with E-state index in [1.54, 1.807) is 56.4 Å². The van der Waals surface area contributed by atoms with E-state index in [0.717, 1.165) is 11.1 Å². The van der Waals surface area contributed by atoms with E-state index in [4.69, 9.17) is 14.2 Å². The van der Waals surface area contributed by atoms with E-state index in [9.17, 15) is 24.3 Å². The number of urea groups is 2. The van der Waals surface area contributed by atoms with E-state index >= 15 is 0 Å². The van der Waals surface area contributed by atoms with Gasteiger partial charge in [-0.2, -0.15) is 0 Å². The molecule has 0 unspecified atom stereocenters. The first-order valence-corrected chi connectivity index (χ1v) is 16.0. The Hall–Kier alpha value is -5.46. The third-order valence-corrected chi connectivity index (χ3v) is 7.77. The molecule has 0 fully saturated rings. The molecule has 0 aliphatic rings. The smallest absolute Gasteiger partial charge is 0.323 e. The monoisotopic (exact) mass is 677 g/mol. The summed E-state index contributed by atoms with van der Waals surface area (Å²) in [7, 11) is 6.42. The number of carboxylic acid groups (broad SMARTS) is 1. The van der Waals surface area contributed by atoms with Crippen LogP contribution in [0.2, 0.25) is 0 Å². The van der Waals surface area contributed by atoms with Crippen molar-refractivity contribution in [1.82, 2.24) is 14.7 Å². The summed E-state index contributed by atoms with van der Waals surface area (Å²) in [5.41, 5.74) is 2.81. The standard InChI is InChI=1S/C36H47N5O8/c1-26-12-6-7-13-28(26)37-35(45)38-29-17-16-27(24-32(29)48-5)25-33(42)39(2)19-10-20-40(3)36(46)41(22-18-34(43)44)21-11-23-49-31-15-9-8-14-30(31)47-4/h6-9,12-17,24H,10-11,18-23,25H2,1-5H3,(H,43,44)(H2,37,38,45). The molecule has 13 nitrogen and oxygen atoms in total. The first-order valence-electron chi connectivity index (χ1n) is 16.0. The van der Waals surface area contributed by atoms with Crippen LogP contribution >= 0.6 is 0 Å². The molecule has 3 aromatic rings. The number of hydrogen-bond acceptors (Lipinski definition) is 7. The number of benzene rings is 3. The maximum atomic E-state index is 13.2. The Kier molecular flexibility index (Phi) is 15.0. The first-order chi connectivity index (χ1) is 23.5. The van der Waals surface area contributed by atoms with Crippen LogP contribution in [-0.2, 0) is 16.0 Å². The molecular weight excluding hydrogens is 630 g/mol. The number of aliphatic carboxylic acids is 1. The predicted molar refractivity (Wildman–Crippen MR) is 188 cm³/mol. The lowest BCUT2D eigenvalue weighted by Crippen LogP contribution is -2.44. The summed E-state index contributed by atoms with van der Waals surface area (Å²) in [5.74, 6) is 0.517. The lowest BCUT2D eigenvalue weighted by atomic mass is 10.1. The number of carboxylic acids is 1. The molecule has 0 aromatic heterocycles. The van der Waals surface area contributed by atoms with E-state index in [2.05, 4.69) is 10.6 Å². The molecule has 0 bridgehead atoms. The zero-order valence-electron chi connectivity index (χ0n) is 28.9. The Labute approximate surface area is 287 Å². The fraction of sp³-hybridized carbons (Fsp3) is 0.389. The molecule has 0 saturated carbocycles. The van der Waals surface area contributed by atoms with E-state index in [-0.39, 0.29) is 31.3 Å². The number of ether oxygens (including phenoxy) is 3. The second-order valence-corrected chi connectivity index (χ2v) is 11.5. The highest BCUT2D eigenvalue weighted by Gasteiger charge is 2.20. The Morgan fingerprint density at radius 2 is 1.39 bits per heavy atom. The summed E-state index contributed by atoms with van der Waals surface area (Å²) >= 11 is 0. The van der Waals surface area contributed by atoms with E-state index in [1.165, 1.54) is 16.9 Å². The quantitative estimate of drug-likeness (QED) is 0.153. The minimum absolute atomic E-state index is 0.0701. The van der Waals surface area contributed by atoms with Gasteiger partial charge in [0, 0.05) is 46.0 Å². The number of aryl methyl sites for hydroxylation is 1. The molecule has 0 atom stereocenters. The van der Waals surface area contributed by atoms with Gasteiger partial charge in [-0.15, -0.1) is 0 Å². The minimum atomic E-state index is -0.988. The van der Waals surface area contributed by atoms with E-state index in [1.807, 2.05) is 43.3 Å². The Bertz CT molecular complexity index is 1570.